The number of hydrogen-bond acceptors (Lipinski definition) is 5. The third kappa shape index (κ3) is 2.84. The molecule has 3 aromatic rings. The summed E-state index contributed by atoms with van der Waals surface area (Å²) in [6, 6.07) is 4.66. The molecule has 1 aromatic carbocycles. The number of alkyl halides is 2. The molecule has 0 atom stereocenters. The maximum absolute atomic E-state index is 12.6. The number of aryl methyl sites for hydroxylation is 2. The lowest BCUT2D eigenvalue weighted by atomic mass is 10.2. The molecule has 0 saturated carbocycles. The minimum atomic E-state index is -2.96. The largest absolute Gasteiger partial charge is 0.493 e. The molecule has 0 amide bonds. The molecule has 126 valence electrons. The Bertz CT molecular complexity index is 914. The smallest absolute Gasteiger partial charge is 0.387 e. The minimum Gasteiger partial charge on any atom is -0.493 e. The maximum Gasteiger partial charge on any atom is 0.387 e. The van der Waals surface area contributed by atoms with E-state index < -0.39 is 6.61 Å². The van der Waals surface area contributed by atoms with Crippen molar-refractivity contribution in [2.45, 2.75) is 20.5 Å². The predicted octanol–water partition coefficient (Wildman–Crippen LogP) is 3.70. The lowest BCUT2D eigenvalue weighted by Crippen LogP contribution is -2.05. The van der Waals surface area contributed by atoms with E-state index in [-0.39, 0.29) is 16.7 Å². The van der Waals surface area contributed by atoms with Crippen LogP contribution in [0.25, 0.3) is 16.9 Å². The highest BCUT2D eigenvalue weighted by Gasteiger charge is 2.18. The van der Waals surface area contributed by atoms with Gasteiger partial charge in [0.2, 0.25) is 0 Å². The number of halogens is 3. The Labute approximate surface area is 141 Å². The van der Waals surface area contributed by atoms with E-state index in [1.54, 1.807) is 24.5 Å². The fraction of sp³-hybridized carbons (Fsp3) is 0.267. The van der Waals surface area contributed by atoms with Crippen molar-refractivity contribution in [3.05, 3.63) is 35.0 Å². The number of nitrogens with zero attached hydrogens (tertiary/aromatic N) is 4. The number of hydrogen-bond donors (Lipinski definition) is 0. The monoisotopic (exact) mass is 354 g/mol. The van der Waals surface area contributed by atoms with Crippen LogP contribution in [-0.2, 0) is 0 Å². The molecule has 0 aliphatic carbocycles. The number of benzene rings is 1. The maximum atomic E-state index is 12.6. The molecule has 0 bridgehead atoms. The van der Waals surface area contributed by atoms with Crippen LogP contribution in [0.3, 0.4) is 0 Å². The van der Waals surface area contributed by atoms with Crippen molar-refractivity contribution in [3.8, 4) is 17.2 Å². The second-order valence-electron chi connectivity index (χ2n) is 4.94. The first-order valence-electron chi connectivity index (χ1n) is 6.93. The molecule has 6 nitrogen and oxygen atoms in total. The zero-order valence-corrected chi connectivity index (χ0v) is 13.8. The third-order valence-corrected chi connectivity index (χ3v) is 3.63. The van der Waals surface area contributed by atoms with Crippen molar-refractivity contribution in [3.63, 3.8) is 0 Å². The van der Waals surface area contributed by atoms with Crippen LogP contribution in [-0.4, -0.2) is 33.2 Å². The summed E-state index contributed by atoms with van der Waals surface area (Å²) in [4.78, 5) is 12.8. The van der Waals surface area contributed by atoms with Gasteiger partial charge in [0.25, 0.3) is 0 Å². The molecule has 2 heterocycles. The highest BCUT2D eigenvalue weighted by molar-refractivity contribution is 6.33. The molecule has 9 heteroatoms. The van der Waals surface area contributed by atoms with Crippen molar-refractivity contribution in [1.82, 2.24) is 19.5 Å². The summed E-state index contributed by atoms with van der Waals surface area (Å²) in [5, 5.41) is 0.233. The summed E-state index contributed by atoms with van der Waals surface area (Å²) < 4.78 is 36.5. The van der Waals surface area contributed by atoms with Gasteiger partial charge in [0, 0.05) is 6.07 Å². The van der Waals surface area contributed by atoms with Crippen LogP contribution in [0.5, 0.6) is 11.5 Å². The fourth-order valence-corrected chi connectivity index (χ4v) is 2.69. The normalized spacial score (nSPS) is 11.3. The molecular formula is C15H13ClF2N4O2. The second-order valence-corrected chi connectivity index (χ2v) is 5.30. The molecule has 0 saturated heterocycles. The number of imidazole rings is 1. The molecule has 0 aliphatic rings. The Balaban J connectivity index is 2.22. The molecule has 0 spiro atoms. The molecule has 0 N–H and O–H groups in total. The number of rotatable bonds is 4. The van der Waals surface area contributed by atoms with Gasteiger partial charge in [-0.1, -0.05) is 11.6 Å². The van der Waals surface area contributed by atoms with Crippen LogP contribution in [0.1, 0.15) is 11.6 Å². The molecular weight excluding hydrogens is 342 g/mol. The SMILES string of the molecule is COc1ccc(-n2c(C)nc3c(Cl)nc(C)nc32)cc1OC(F)F. The van der Waals surface area contributed by atoms with Crippen molar-refractivity contribution in [2.24, 2.45) is 0 Å². The third-order valence-electron chi connectivity index (χ3n) is 3.37. The van der Waals surface area contributed by atoms with Gasteiger partial charge in [0.1, 0.15) is 17.2 Å². The molecule has 0 radical (unpaired) electrons. The summed E-state index contributed by atoms with van der Waals surface area (Å²) in [6.45, 7) is 0.497. The van der Waals surface area contributed by atoms with E-state index in [4.69, 9.17) is 16.3 Å². The van der Waals surface area contributed by atoms with E-state index in [1.165, 1.54) is 19.2 Å². The first kappa shape index (κ1) is 16.4. The van der Waals surface area contributed by atoms with Crippen LogP contribution in [0.15, 0.2) is 18.2 Å². The molecule has 0 aliphatic heterocycles. The van der Waals surface area contributed by atoms with Gasteiger partial charge in [-0.2, -0.15) is 8.78 Å². The van der Waals surface area contributed by atoms with Crippen LogP contribution in [0.2, 0.25) is 5.15 Å². The summed E-state index contributed by atoms with van der Waals surface area (Å²) in [6.07, 6.45) is 0. The first-order chi connectivity index (χ1) is 11.4. The van der Waals surface area contributed by atoms with Gasteiger partial charge in [-0.3, -0.25) is 4.57 Å². The number of ether oxygens (including phenoxy) is 2. The van der Waals surface area contributed by atoms with Gasteiger partial charge < -0.3 is 9.47 Å². The average Bonchev–Trinajstić information content (AvgIpc) is 2.83. The van der Waals surface area contributed by atoms with E-state index in [2.05, 4.69) is 19.7 Å². The first-order valence-corrected chi connectivity index (χ1v) is 7.31. The number of aromatic nitrogens is 4. The lowest BCUT2D eigenvalue weighted by Gasteiger charge is -2.13. The Morgan fingerprint density at radius 3 is 2.54 bits per heavy atom. The van der Waals surface area contributed by atoms with Crippen LogP contribution < -0.4 is 9.47 Å². The highest BCUT2D eigenvalue weighted by Crippen LogP contribution is 2.33. The molecule has 3 rings (SSSR count). The quantitative estimate of drug-likeness (QED) is 0.668. The molecule has 2 aromatic heterocycles. The topological polar surface area (TPSA) is 62.1 Å². The van der Waals surface area contributed by atoms with Gasteiger partial charge in [0.05, 0.1) is 12.8 Å². The van der Waals surface area contributed by atoms with Crippen LogP contribution >= 0.6 is 11.6 Å². The van der Waals surface area contributed by atoms with Crippen molar-refractivity contribution in [1.29, 1.82) is 0 Å². The Kier molecular flexibility index (Phi) is 4.23. The zero-order valence-electron chi connectivity index (χ0n) is 13.0. The van der Waals surface area contributed by atoms with Gasteiger partial charge in [0.15, 0.2) is 22.3 Å². The van der Waals surface area contributed by atoms with Crippen molar-refractivity contribution in [2.75, 3.05) is 7.11 Å². The van der Waals surface area contributed by atoms with E-state index in [0.29, 0.717) is 28.5 Å². The Hall–Kier alpha value is -2.48. The van der Waals surface area contributed by atoms with Gasteiger partial charge in [-0.15, -0.1) is 0 Å². The standard InChI is InChI=1S/C15H13ClF2N4O2/c1-7-19-13(16)12-14(20-7)22(8(2)21-12)9-4-5-10(23-3)11(6-9)24-15(17)18/h4-6,15H,1-3H3. The highest BCUT2D eigenvalue weighted by atomic mass is 35.5. The molecule has 24 heavy (non-hydrogen) atoms. The number of methoxy groups -OCH3 is 1. The predicted molar refractivity (Wildman–Crippen MR) is 84.3 cm³/mol. The Morgan fingerprint density at radius 1 is 1.12 bits per heavy atom. The summed E-state index contributed by atoms with van der Waals surface area (Å²) in [5.74, 6) is 1.18. The van der Waals surface area contributed by atoms with Gasteiger partial charge >= 0.3 is 6.61 Å². The molecule has 0 unspecified atom stereocenters. The Morgan fingerprint density at radius 2 is 1.88 bits per heavy atom. The molecule has 0 fully saturated rings. The zero-order chi connectivity index (χ0) is 17.4. The second kappa shape index (κ2) is 6.20. The van der Waals surface area contributed by atoms with Crippen molar-refractivity contribution >= 4 is 22.8 Å². The van der Waals surface area contributed by atoms with Crippen LogP contribution in [0.4, 0.5) is 8.78 Å². The lowest BCUT2D eigenvalue weighted by molar-refractivity contribution is -0.0512. The van der Waals surface area contributed by atoms with Crippen LogP contribution in [0, 0.1) is 13.8 Å². The van der Waals surface area contributed by atoms with E-state index >= 15 is 0 Å². The summed E-state index contributed by atoms with van der Waals surface area (Å²) in [5.41, 5.74) is 1.46. The summed E-state index contributed by atoms with van der Waals surface area (Å²) in [7, 11) is 1.38. The average molecular weight is 355 g/mol. The van der Waals surface area contributed by atoms with E-state index in [9.17, 15) is 8.78 Å². The fourth-order valence-electron chi connectivity index (χ4n) is 2.44. The number of fused-ring (bicyclic) bond motifs is 1. The minimum absolute atomic E-state index is 0.0804. The van der Waals surface area contributed by atoms with E-state index in [1.807, 2.05) is 0 Å². The van der Waals surface area contributed by atoms with E-state index in [0.717, 1.165) is 0 Å². The van der Waals surface area contributed by atoms with Crippen molar-refractivity contribution < 1.29 is 18.3 Å². The van der Waals surface area contributed by atoms with Gasteiger partial charge in [-0.05, 0) is 26.0 Å². The summed E-state index contributed by atoms with van der Waals surface area (Å²) >= 11 is 6.11. The van der Waals surface area contributed by atoms with Gasteiger partial charge in [-0.25, -0.2) is 15.0 Å².